The van der Waals surface area contributed by atoms with Crippen molar-refractivity contribution in [1.29, 1.82) is 0 Å². The molecule has 0 radical (unpaired) electrons. The van der Waals surface area contributed by atoms with Crippen molar-refractivity contribution in [3.63, 3.8) is 0 Å². The van der Waals surface area contributed by atoms with E-state index in [9.17, 15) is 4.79 Å². The highest BCUT2D eigenvalue weighted by molar-refractivity contribution is 6.05. The summed E-state index contributed by atoms with van der Waals surface area (Å²) in [7, 11) is 6.28. The largest absolute Gasteiger partial charge is 0.493 e. The Kier molecular flexibility index (Phi) is 8.45. The van der Waals surface area contributed by atoms with E-state index < -0.39 is 0 Å². The lowest BCUT2D eigenvalue weighted by Gasteiger charge is -2.15. The van der Waals surface area contributed by atoms with Gasteiger partial charge < -0.3 is 29.6 Å². The maximum Gasteiger partial charge on any atom is 0.255 e. The van der Waals surface area contributed by atoms with Crippen LogP contribution in [0, 0.1) is 6.92 Å². The monoisotopic (exact) mass is 509 g/mol. The van der Waals surface area contributed by atoms with Gasteiger partial charge in [0, 0.05) is 40.3 Å². The second-order valence-corrected chi connectivity index (χ2v) is 7.76. The van der Waals surface area contributed by atoms with Gasteiger partial charge in [0.25, 0.3) is 5.91 Å². The van der Waals surface area contributed by atoms with Gasteiger partial charge in [0.15, 0.2) is 23.0 Å². The van der Waals surface area contributed by atoms with Crippen LogP contribution in [0.1, 0.15) is 15.9 Å². The number of halogens is 1. The molecule has 0 unspecified atom stereocenters. The summed E-state index contributed by atoms with van der Waals surface area (Å²) < 4.78 is 21.4. The molecule has 0 aliphatic rings. The number of amides is 1. The lowest BCUT2D eigenvalue weighted by atomic mass is 10.1. The van der Waals surface area contributed by atoms with Crippen molar-refractivity contribution in [2.75, 3.05) is 39.1 Å². The van der Waals surface area contributed by atoms with Crippen molar-refractivity contribution in [1.82, 2.24) is 4.98 Å². The first-order valence-corrected chi connectivity index (χ1v) is 10.9. The lowest BCUT2D eigenvalue weighted by Crippen LogP contribution is -2.13. The van der Waals surface area contributed by atoms with Crippen LogP contribution in [0.15, 0.2) is 60.8 Å². The number of hydrogen-bond donors (Lipinski definition) is 2. The van der Waals surface area contributed by atoms with Gasteiger partial charge in [-0.25, -0.2) is 0 Å². The zero-order valence-electron chi connectivity index (χ0n) is 20.7. The Morgan fingerprint density at radius 3 is 2.11 bits per heavy atom. The van der Waals surface area contributed by atoms with Crippen molar-refractivity contribution >= 4 is 46.3 Å². The summed E-state index contributed by atoms with van der Waals surface area (Å²) in [5.41, 5.74) is 4.49. The molecule has 0 saturated heterocycles. The van der Waals surface area contributed by atoms with E-state index >= 15 is 0 Å². The molecule has 188 valence electrons. The molecule has 0 fully saturated rings. The van der Waals surface area contributed by atoms with Crippen LogP contribution in [0.5, 0.6) is 23.0 Å². The Hall–Kier alpha value is -4.17. The minimum atomic E-state index is -0.252. The highest BCUT2D eigenvalue weighted by atomic mass is 35.5. The average molecular weight is 510 g/mol. The Morgan fingerprint density at radius 2 is 1.42 bits per heavy atom. The smallest absolute Gasteiger partial charge is 0.255 e. The molecule has 1 aromatic heterocycles. The van der Waals surface area contributed by atoms with E-state index in [1.165, 1.54) is 7.11 Å². The van der Waals surface area contributed by atoms with E-state index in [1.54, 1.807) is 45.7 Å². The quantitative estimate of drug-likeness (QED) is 0.301. The zero-order chi connectivity index (χ0) is 24.9. The number of hydrogen-bond acceptors (Lipinski definition) is 7. The predicted molar refractivity (Wildman–Crippen MR) is 144 cm³/mol. The Bertz CT molecular complexity index is 1390. The van der Waals surface area contributed by atoms with Crippen LogP contribution in [0.25, 0.3) is 10.9 Å². The third-order valence-electron chi connectivity index (χ3n) is 5.66. The summed E-state index contributed by atoms with van der Waals surface area (Å²) in [4.78, 5) is 17.4. The normalized spacial score (nSPS) is 10.2. The van der Waals surface area contributed by atoms with Gasteiger partial charge in [-0.2, -0.15) is 0 Å². The van der Waals surface area contributed by atoms with Crippen LogP contribution in [0.3, 0.4) is 0 Å². The Labute approximate surface area is 216 Å². The molecule has 3 aromatic carbocycles. The summed E-state index contributed by atoms with van der Waals surface area (Å²) in [5.74, 6) is 2.02. The van der Waals surface area contributed by atoms with E-state index in [2.05, 4.69) is 15.6 Å². The van der Waals surface area contributed by atoms with E-state index in [-0.39, 0.29) is 18.3 Å². The molecule has 0 atom stereocenters. The molecular weight excluding hydrogens is 482 g/mol. The van der Waals surface area contributed by atoms with Gasteiger partial charge in [0.1, 0.15) is 0 Å². The third kappa shape index (κ3) is 5.39. The molecule has 0 aliphatic carbocycles. The van der Waals surface area contributed by atoms with Crippen LogP contribution < -0.4 is 29.6 Å². The number of nitrogens with one attached hydrogen (secondary N) is 2. The number of rotatable bonds is 8. The topological polar surface area (TPSA) is 90.9 Å². The van der Waals surface area contributed by atoms with E-state index in [0.717, 1.165) is 27.8 Å². The Morgan fingerprint density at radius 1 is 0.750 bits per heavy atom. The summed E-state index contributed by atoms with van der Waals surface area (Å²) in [5, 5.41) is 7.29. The van der Waals surface area contributed by atoms with Gasteiger partial charge in [-0.15, -0.1) is 12.4 Å². The number of anilines is 3. The van der Waals surface area contributed by atoms with Gasteiger partial charge in [0.05, 0.1) is 34.0 Å². The molecule has 36 heavy (non-hydrogen) atoms. The number of nitrogens with zero attached hydrogens (tertiary/aromatic N) is 1. The fourth-order valence-electron chi connectivity index (χ4n) is 3.74. The van der Waals surface area contributed by atoms with E-state index in [1.807, 2.05) is 43.3 Å². The van der Waals surface area contributed by atoms with Crippen molar-refractivity contribution < 1.29 is 23.7 Å². The van der Waals surface area contributed by atoms with Gasteiger partial charge in [0.2, 0.25) is 0 Å². The van der Waals surface area contributed by atoms with Gasteiger partial charge >= 0.3 is 0 Å². The molecule has 1 heterocycles. The average Bonchev–Trinajstić information content (AvgIpc) is 2.89. The first-order chi connectivity index (χ1) is 17.0. The SMILES string of the molecule is COc1ccc(C(=O)Nc2cc(Nc3ccnc4cc(OC)c(OC)cc34)ccc2C)cc1OC.Cl. The molecule has 0 spiro atoms. The number of pyridine rings is 1. The first-order valence-electron chi connectivity index (χ1n) is 10.9. The maximum atomic E-state index is 12.9. The van der Waals surface area contributed by atoms with Gasteiger partial charge in [-0.05, 0) is 55.0 Å². The zero-order valence-corrected chi connectivity index (χ0v) is 21.5. The standard InChI is InChI=1S/C27H27N3O5.ClH/c1-16-6-8-18(13-21(16)30-27(31)17-7-9-23(32-2)24(12-17)33-3)29-20-10-11-28-22-15-26(35-5)25(34-4)14-19(20)22;/h6-15H,1-5H3,(H,28,29)(H,30,31);1H. The predicted octanol–water partition coefficient (Wildman–Crippen LogP) is 6.00. The van der Waals surface area contributed by atoms with Crippen LogP contribution in [0.2, 0.25) is 0 Å². The highest BCUT2D eigenvalue weighted by Gasteiger charge is 2.14. The van der Waals surface area contributed by atoms with Crippen LogP contribution >= 0.6 is 12.4 Å². The summed E-state index contributed by atoms with van der Waals surface area (Å²) in [6.07, 6.45) is 1.73. The van der Waals surface area contributed by atoms with E-state index in [4.69, 9.17) is 18.9 Å². The number of benzene rings is 3. The molecule has 0 bridgehead atoms. The number of fused-ring (bicyclic) bond motifs is 1. The molecule has 0 saturated carbocycles. The molecule has 9 heteroatoms. The summed E-state index contributed by atoms with van der Waals surface area (Å²) in [6, 6.07) is 16.4. The minimum Gasteiger partial charge on any atom is -0.493 e. The fraction of sp³-hybridized carbons (Fsp3) is 0.185. The van der Waals surface area contributed by atoms with Crippen LogP contribution in [-0.2, 0) is 0 Å². The maximum absolute atomic E-state index is 12.9. The minimum absolute atomic E-state index is 0. The molecule has 4 aromatic rings. The number of methoxy groups -OCH3 is 4. The number of carbonyl (C=O) groups is 1. The van der Waals surface area contributed by atoms with Crippen molar-refractivity contribution in [3.8, 4) is 23.0 Å². The Balaban J connectivity index is 0.00000361. The molecule has 0 aliphatic heterocycles. The molecule has 4 rings (SSSR count). The lowest BCUT2D eigenvalue weighted by molar-refractivity contribution is 0.102. The van der Waals surface area contributed by atoms with Crippen molar-refractivity contribution in [2.24, 2.45) is 0 Å². The fourth-order valence-corrected chi connectivity index (χ4v) is 3.74. The highest BCUT2D eigenvalue weighted by Crippen LogP contribution is 2.36. The van der Waals surface area contributed by atoms with Crippen molar-refractivity contribution in [2.45, 2.75) is 6.92 Å². The molecular formula is C27H28ClN3O5. The van der Waals surface area contributed by atoms with Crippen LogP contribution in [0.4, 0.5) is 17.1 Å². The number of aryl methyl sites for hydroxylation is 1. The summed E-state index contributed by atoms with van der Waals surface area (Å²) in [6.45, 7) is 1.94. The number of aromatic nitrogens is 1. The number of carbonyl (C=O) groups excluding carboxylic acids is 1. The third-order valence-corrected chi connectivity index (χ3v) is 5.66. The van der Waals surface area contributed by atoms with Gasteiger partial charge in [-0.1, -0.05) is 6.07 Å². The summed E-state index contributed by atoms with van der Waals surface area (Å²) >= 11 is 0. The molecule has 8 nitrogen and oxygen atoms in total. The second kappa shape index (κ2) is 11.5. The van der Waals surface area contributed by atoms with Crippen molar-refractivity contribution in [3.05, 3.63) is 71.9 Å². The second-order valence-electron chi connectivity index (χ2n) is 7.76. The molecule has 2 N–H and O–H groups in total. The van der Waals surface area contributed by atoms with Crippen LogP contribution in [-0.4, -0.2) is 39.3 Å². The van der Waals surface area contributed by atoms with E-state index in [0.29, 0.717) is 34.2 Å². The van der Waals surface area contributed by atoms with Gasteiger partial charge in [-0.3, -0.25) is 9.78 Å². The first kappa shape index (κ1) is 26.4. The molecule has 1 amide bonds. The number of ether oxygens (including phenoxy) is 4.